The standard InChI is InChI=1S/C13H9BrF2N2OS/c14-8-2-1-3-11(12(8)13(17)18-19)20-7-4-5-9(15)10(16)6-7/h1-6,19H,(H2,17,18). The number of hydrogen-bond acceptors (Lipinski definition) is 3. The molecule has 0 aliphatic rings. The molecule has 0 spiro atoms. The smallest absolute Gasteiger partial charge is 0.172 e. The molecule has 0 heterocycles. The highest BCUT2D eigenvalue weighted by Gasteiger charge is 2.13. The maximum Gasteiger partial charge on any atom is 0.172 e. The molecule has 0 aliphatic carbocycles. The molecule has 0 aliphatic heterocycles. The predicted molar refractivity (Wildman–Crippen MR) is 77.1 cm³/mol. The SMILES string of the molecule is N/C(=N/O)c1c(Br)cccc1Sc1ccc(F)c(F)c1. The Balaban J connectivity index is 2.43. The molecule has 104 valence electrons. The van der Waals surface area contributed by atoms with Crippen molar-refractivity contribution in [3.8, 4) is 0 Å². The second-order valence-corrected chi connectivity index (χ2v) is 5.75. The van der Waals surface area contributed by atoms with Crippen molar-refractivity contribution in [2.45, 2.75) is 9.79 Å². The molecule has 0 saturated carbocycles. The largest absolute Gasteiger partial charge is 0.409 e. The molecule has 2 aromatic rings. The summed E-state index contributed by atoms with van der Waals surface area (Å²) in [7, 11) is 0. The summed E-state index contributed by atoms with van der Waals surface area (Å²) in [5, 5.41) is 11.8. The Morgan fingerprint density at radius 1 is 1.20 bits per heavy atom. The minimum absolute atomic E-state index is 0.0671. The summed E-state index contributed by atoms with van der Waals surface area (Å²) in [5.74, 6) is -1.89. The summed E-state index contributed by atoms with van der Waals surface area (Å²) in [6.07, 6.45) is 0. The molecule has 0 amide bonds. The van der Waals surface area contributed by atoms with Gasteiger partial charge in [-0.05, 0) is 46.3 Å². The van der Waals surface area contributed by atoms with Crippen LogP contribution in [-0.4, -0.2) is 11.0 Å². The molecular weight excluding hydrogens is 350 g/mol. The van der Waals surface area contributed by atoms with Gasteiger partial charge in [0, 0.05) is 19.8 Å². The molecule has 7 heteroatoms. The molecule has 0 bridgehead atoms. The van der Waals surface area contributed by atoms with Crippen LogP contribution in [0.3, 0.4) is 0 Å². The lowest BCUT2D eigenvalue weighted by Crippen LogP contribution is -2.15. The van der Waals surface area contributed by atoms with Crippen molar-refractivity contribution in [1.82, 2.24) is 0 Å². The van der Waals surface area contributed by atoms with E-state index in [0.717, 1.165) is 12.1 Å². The van der Waals surface area contributed by atoms with Gasteiger partial charge in [-0.2, -0.15) is 0 Å². The van der Waals surface area contributed by atoms with Crippen LogP contribution >= 0.6 is 27.7 Å². The Labute approximate surface area is 126 Å². The van der Waals surface area contributed by atoms with Crippen LogP contribution in [0.5, 0.6) is 0 Å². The lowest BCUT2D eigenvalue weighted by molar-refractivity contribution is 0.318. The third-order valence-corrected chi connectivity index (χ3v) is 4.17. The molecule has 2 rings (SSSR count). The van der Waals surface area contributed by atoms with Gasteiger partial charge in [-0.3, -0.25) is 0 Å². The van der Waals surface area contributed by atoms with E-state index in [1.165, 1.54) is 17.8 Å². The summed E-state index contributed by atoms with van der Waals surface area (Å²) >= 11 is 4.49. The van der Waals surface area contributed by atoms with Crippen molar-refractivity contribution >= 4 is 33.5 Å². The summed E-state index contributed by atoms with van der Waals surface area (Å²) in [5.41, 5.74) is 6.12. The van der Waals surface area contributed by atoms with Gasteiger partial charge in [0.05, 0.1) is 0 Å². The third-order valence-electron chi connectivity index (χ3n) is 2.46. The van der Waals surface area contributed by atoms with Crippen LogP contribution < -0.4 is 5.73 Å². The van der Waals surface area contributed by atoms with Gasteiger partial charge in [0.15, 0.2) is 17.5 Å². The quantitative estimate of drug-likeness (QED) is 0.377. The van der Waals surface area contributed by atoms with E-state index in [0.29, 0.717) is 19.8 Å². The normalized spacial score (nSPS) is 11.7. The van der Waals surface area contributed by atoms with E-state index in [1.54, 1.807) is 18.2 Å². The van der Waals surface area contributed by atoms with E-state index in [4.69, 9.17) is 10.9 Å². The Bertz CT molecular complexity index is 679. The monoisotopic (exact) mass is 358 g/mol. The van der Waals surface area contributed by atoms with Crippen molar-refractivity contribution in [3.05, 3.63) is 58.1 Å². The van der Waals surface area contributed by atoms with Gasteiger partial charge < -0.3 is 10.9 Å². The molecule has 20 heavy (non-hydrogen) atoms. The minimum atomic E-state index is -0.921. The Morgan fingerprint density at radius 3 is 2.60 bits per heavy atom. The van der Waals surface area contributed by atoms with E-state index in [-0.39, 0.29) is 5.84 Å². The number of nitrogens with two attached hydrogens (primary N) is 1. The van der Waals surface area contributed by atoms with Gasteiger partial charge in [-0.15, -0.1) is 0 Å². The van der Waals surface area contributed by atoms with Crippen molar-refractivity contribution in [2.24, 2.45) is 10.9 Å². The minimum Gasteiger partial charge on any atom is -0.409 e. The van der Waals surface area contributed by atoms with Crippen molar-refractivity contribution in [2.75, 3.05) is 0 Å². The van der Waals surface area contributed by atoms with E-state index in [2.05, 4.69) is 21.1 Å². The number of rotatable bonds is 3. The zero-order valence-electron chi connectivity index (χ0n) is 9.98. The molecular formula is C13H9BrF2N2OS. The zero-order chi connectivity index (χ0) is 14.7. The summed E-state index contributed by atoms with van der Waals surface area (Å²) in [6, 6.07) is 8.85. The maximum atomic E-state index is 13.2. The topological polar surface area (TPSA) is 58.6 Å². The van der Waals surface area contributed by atoms with Crippen molar-refractivity contribution in [3.63, 3.8) is 0 Å². The first-order valence-corrected chi connectivity index (χ1v) is 7.03. The molecule has 0 aromatic heterocycles. The van der Waals surface area contributed by atoms with Gasteiger partial charge in [0.2, 0.25) is 0 Å². The second-order valence-electron chi connectivity index (χ2n) is 3.78. The molecule has 0 fully saturated rings. The first-order chi connectivity index (χ1) is 9.52. The molecule has 0 saturated heterocycles. The molecule has 3 nitrogen and oxygen atoms in total. The van der Waals surface area contributed by atoms with Crippen LogP contribution in [0, 0.1) is 11.6 Å². The number of benzene rings is 2. The van der Waals surface area contributed by atoms with Gasteiger partial charge in [-0.25, -0.2) is 8.78 Å². The van der Waals surface area contributed by atoms with E-state index >= 15 is 0 Å². The van der Waals surface area contributed by atoms with Crippen molar-refractivity contribution in [1.29, 1.82) is 0 Å². The predicted octanol–water partition coefficient (Wildman–Crippen LogP) is 3.97. The fraction of sp³-hybridized carbons (Fsp3) is 0. The first kappa shape index (κ1) is 14.8. The van der Waals surface area contributed by atoms with Crippen LogP contribution in [0.1, 0.15) is 5.56 Å². The highest BCUT2D eigenvalue weighted by atomic mass is 79.9. The second kappa shape index (κ2) is 6.23. The van der Waals surface area contributed by atoms with Gasteiger partial charge >= 0.3 is 0 Å². The lowest BCUT2D eigenvalue weighted by Gasteiger charge is -2.10. The highest BCUT2D eigenvalue weighted by molar-refractivity contribution is 9.10. The van der Waals surface area contributed by atoms with Crippen molar-refractivity contribution < 1.29 is 14.0 Å². The Kier molecular flexibility index (Phi) is 4.61. The van der Waals surface area contributed by atoms with E-state index < -0.39 is 11.6 Å². The molecule has 0 unspecified atom stereocenters. The molecule has 0 radical (unpaired) electrons. The number of nitrogens with zero attached hydrogens (tertiary/aromatic N) is 1. The van der Waals surface area contributed by atoms with Gasteiger partial charge in [0.1, 0.15) is 0 Å². The summed E-state index contributed by atoms with van der Waals surface area (Å²) < 4.78 is 26.7. The molecule has 3 N–H and O–H groups in total. The van der Waals surface area contributed by atoms with Gasteiger partial charge in [0.25, 0.3) is 0 Å². The fourth-order valence-corrected chi connectivity index (χ4v) is 3.27. The number of amidine groups is 1. The van der Waals surface area contributed by atoms with E-state index in [9.17, 15) is 8.78 Å². The zero-order valence-corrected chi connectivity index (χ0v) is 12.4. The van der Waals surface area contributed by atoms with Gasteiger partial charge in [-0.1, -0.05) is 23.0 Å². The van der Waals surface area contributed by atoms with Crippen LogP contribution in [0.2, 0.25) is 0 Å². The van der Waals surface area contributed by atoms with Crippen LogP contribution in [0.15, 0.2) is 55.8 Å². The third kappa shape index (κ3) is 3.10. The molecule has 0 atom stereocenters. The summed E-state index contributed by atoms with van der Waals surface area (Å²) in [4.78, 5) is 1.16. The van der Waals surface area contributed by atoms with E-state index in [1.807, 2.05) is 0 Å². The fourth-order valence-electron chi connectivity index (χ4n) is 1.56. The average Bonchev–Trinajstić information content (AvgIpc) is 2.42. The lowest BCUT2D eigenvalue weighted by atomic mass is 10.2. The molecule has 2 aromatic carbocycles. The average molecular weight is 359 g/mol. The number of hydrogen-bond donors (Lipinski definition) is 2. The number of oxime groups is 1. The maximum absolute atomic E-state index is 13.2. The van der Waals surface area contributed by atoms with Crippen LogP contribution in [0.4, 0.5) is 8.78 Å². The Hall–Kier alpha value is -1.60. The Morgan fingerprint density at radius 2 is 1.95 bits per heavy atom. The number of halogens is 3. The summed E-state index contributed by atoms with van der Waals surface area (Å²) in [6.45, 7) is 0. The van der Waals surface area contributed by atoms with Crippen LogP contribution in [-0.2, 0) is 0 Å². The highest BCUT2D eigenvalue weighted by Crippen LogP contribution is 2.34. The first-order valence-electron chi connectivity index (χ1n) is 5.42. The van der Waals surface area contributed by atoms with Crippen LogP contribution in [0.25, 0.3) is 0 Å².